The molecule has 2 rings (SSSR count). The van der Waals surface area contributed by atoms with Crippen LogP contribution in [0.1, 0.15) is 5.56 Å². The lowest BCUT2D eigenvalue weighted by Gasteiger charge is -2.07. The summed E-state index contributed by atoms with van der Waals surface area (Å²) in [7, 11) is 0. The number of halogens is 2. The molecular formula is C10H6Cl2N2OS2. The molecule has 1 heterocycles. The molecule has 1 aliphatic rings. The number of hydrazone groups is 1. The summed E-state index contributed by atoms with van der Waals surface area (Å²) >= 11 is 18.2. The van der Waals surface area contributed by atoms with Gasteiger partial charge in [0.1, 0.15) is 0 Å². The average Bonchev–Trinajstić information content (AvgIpc) is 2.59. The van der Waals surface area contributed by atoms with Crippen LogP contribution >= 0.6 is 47.2 Å². The van der Waals surface area contributed by atoms with E-state index >= 15 is 0 Å². The summed E-state index contributed by atoms with van der Waals surface area (Å²) in [6, 6.07) is 5.14. The van der Waals surface area contributed by atoms with Crippen LogP contribution in [0.5, 0.6) is 0 Å². The van der Waals surface area contributed by atoms with Gasteiger partial charge in [0, 0.05) is 5.56 Å². The molecule has 0 aromatic heterocycles. The summed E-state index contributed by atoms with van der Waals surface area (Å²) in [5.74, 6) is 0.186. The number of thioether (sulfide) groups is 1. The molecule has 88 valence electrons. The van der Waals surface area contributed by atoms with Crippen LogP contribution in [0.4, 0.5) is 0 Å². The monoisotopic (exact) mass is 304 g/mol. The van der Waals surface area contributed by atoms with Crippen molar-refractivity contribution in [3.8, 4) is 0 Å². The highest BCUT2D eigenvalue weighted by Gasteiger charge is 2.26. The van der Waals surface area contributed by atoms with E-state index < -0.39 is 0 Å². The number of hydrogen-bond donors (Lipinski definition) is 0. The van der Waals surface area contributed by atoms with Crippen molar-refractivity contribution in [3.05, 3.63) is 33.8 Å². The molecule has 0 bridgehead atoms. The molecule has 1 aromatic rings. The molecule has 17 heavy (non-hydrogen) atoms. The van der Waals surface area contributed by atoms with Gasteiger partial charge in [0.05, 0.1) is 22.0 Å². The van der Waals surface area contributed by atoms with Gasteiger partial charge in [-0.1, -0.05) is 53.2 Å². The van der Waals surface area contributed by atoms with Gasteiger partial charge >= 0.3 is 0 Å². The first kappa shape index (κ1) is 12.8. The molecule has 7 heteroatoms. The fraction of sp³-hybridized carbons (Fsp3) is 0.100. The highest BCUT2D eigenvalue weighted by molar-refractivity contribution is 8.23. The number of thiocarbonyl (C=S) groups is 1. The molecule has 1 aliphatic heterocycles. The second kappa shape index (κ2) is 5.35. The zero-order valence-electron chi connectivity index (χ0n) is 8.39. The molecule has 0 saturated carbocycles. The van der Waals surface area contributed by atoms with Crippen LogP contribution in [-0.4, -0.2) is 27.2 Å². The van der Waals surface area contributed by atoms with E-state index in [2.05, 4.69) is 5.10 Å². The maximum atomic E-state index is 11.4. The van der Waals surface area contributed by atoms with E-state index in [-0.39, 0.29) is 5.91 Å². The molecule has 1 amide bonds. The number of amides is 1. The minimum Gasteiger partial charge on any atom is -0.272 e. The summed E-state index contributed by atoms with van der Waals surface area (Å²) in [5.41, 5.74) is 0.573. The number of carbonyl (C=O) groups excluding carboxylic acids is 1. The standard InChI is InChI=1S/C10H6Cl2N2OS2/c11-7-2-1-3-8(12)6(7)4-13-14-9(15)5-17-10(14)16/h1-4H,5H2. The van der Waals surface area contributed by atoms with E-state index in [1.807, 2.05) is 0 Å². The van der Waals surface area contributed by atoms with Gasteiger partial charge in [-0.25, -0.2) is 0 Å². The lowest BCUT2D eigenvalue weighted by atomic mass is 10.2. The molecule has 3 nitrogen and oxygen atoms in total. The van der Waals surface area contributed by atoms with Gasteiger partial charge in [0.25, 0.3) is 5.91 Å². The molecule has 1 saturated heterocycles. The van der Waals surface area contributed by atoms with Crippen molar-refractivity contribution in [1.82, 2.24) is 5.01 Å². The predicted octanol–water partition coefficient (Wildman–Crippen LogP) is 3.19. The van der Waals surface area contributed by atoms with Crippen LogP contribution in [0.2, 0.25) is 10.0 Å². The van der Waals surface area contributed by atoms with E-state index in [1.54, 1.807) is 18.2 Å². The Morgan fingerprint density at radius 2 is 2.06 bits per heavy atom. The van der Waals surface area contributed by atoms with Gasteiger partial charge in [-0.05, 0) is 12.1 Å². The Labute approximate surface area is 118 Å². The zero-order valence-corrected chi connectivity index (χ0v) is 11.5. The number of nitrogens with zero attached hydrogens (tertiary/aromatic N) is 2. The first-order valence-electron chi connectivity index (χ1n) is 4.57. The SMILES string of the molecule is O=C1CSC(=S)N1N=Cc1c(Cl)cccc1Cl. The molecular weight excluding hydrogens is 299 g/mol. The van der Waals surface area contributed by atoms with Crippen LogP contribution in [-0.2, 0) is 4.79 Å². The smallest absolute Gasteiger partial charge is 0.259 e. The van der Waals surface area contributed by atoms with Crippen LogP contribution in [0.3, 0.4) is 0 Å². The van der Waals surface area contributed by atoms with E-state index in [1.165, 1.54) is 23.0 Å². The largest absolute Gasteiger partial charge is 0.272 e. The highest BCUT2D eigenvalue weighted by Crippen LogP contribution is 2.24. The maximum absolute atomic E-state index is 11.4. The first-order chi connectivity index (χ1) is 8.09. The Kier molecular flexibility index (Phi) is 4.04. The number of rotatable bonds is 2. The first-order valence-corrected chi connectivity index (χ1v) is 6.72. The topological polar surface area (TPSA) is 32.7 Å². The average molecular weight is 305 g/mol. The second-order valence-electron chi connectivity index (χ2n) is 3.14. The molecule has 0 spiro atoms. The Bertz CT molecular complexity index is 483. The van der Waals surface area contributed by atoms with Gasteiger partial charge in [-0.15, -0.1) is 0 Å². The van der Waals surface area contributed by atoms with Gasteiger partial charge in [-0.2, -0.15) is 10.1 Å². The molecule has 0 radical (unpaired) electrons. The van der Waals surface area contributed by atoms with Crippen molar-refractivity contribution in [1.29, 1.82) is 0 Å². The van der Waals surface area contributed by atoms with Crippen molar-refractivity contribution in [3.63, 3.8) is 0 Å². The van der Waals surface area contributed by atoms with Gasteiger partial charge in [0.15, 0.2) is 4.32 Å². The minimum absolute atomic E-state index is 0.139. The second-order valence-corrected chi connectivity index (χ2v) is 5.56. The van der Waals surface area contributed by atoms with Crippen molar-refractivity contribution in [2.45, 2.75) is 0 Å². The Hall–Kier alpha value is -0.620. The third-order valence-electron chi connectivity index (χ3n) is 2.03. The fourth-order valence-corrected chi connectivity index (χ4v) is 2.67. The summed E-state index contributed by atoms with van der Waals surface area (Å²) in [6.45, 7) is 0. The van der Waals surface area contributed by atoms with Crippen molar-refractivity contribution in [2.75, 3.05) is 5.75 Å². The summed E-state index contributed by atoms with van der Waals surface area (Å²) < 4.78 is 0.439. The predicted molar refractivity (Wildman–Crippen MR) is 76.0 cm³/mol. The minimum atomic E-state index is -0.139. The van der Waals surface area contributed by atoms with Gasteiger partial charge < -0.3 is 0 Å². The highest BCUT2D eigenvalue weighted by atomic mass is 35.5. The molecule has 0 unspecified atom stereocenters. The van der Waals surface area contributed by atoms with Gasteiger partial charge in [-0.3, -0.25) is 4.79 Å². The summed E-state index contributed by atoms with van der Waals surface area (Å²) in [4.78, 5) is 11.4. The van der Waals surface area contributed by atoms with E-state index in [0.29, 0.717) is 25.7 Å². The number of carbonyl (C=O) groups is 1. The van der Waals surface area contributed by atoms with Crippen LogP contribution in [0, 0.1) is 0 Å². The molecule has 0 N–H and O–H groups in total. The third kappa shape index (κ3) is 2.80. The number of benzene rings is 1. The van der Waals surface area contributed by atoms with Crippen molar-refractivity contribution < 1.29 is 4.79 Å². The molecule has 1 aromatic carbocycles. The zero-order chi connectivity index (χ0) is 12.4. The number of hydrogen-bond acceptors (Lipinski definition) is 4. The third-order valence-corrected chi connectivity index (χ3v) is 4.03. The van der Waals surface area contributed by atoms with E-state index in [0.717, 1.165) is 0 Å². The lowest BCUT2D eigenvalue weighted by Crippen LogP contribution is -2.22. The molecule has 0 atom stereocenters. The van der Waals surface area contributed by atoms with Crippen molar-refractivity contribution in [2.24, 2.45) is 5.10 Å². The summed E-state index contributed by atoms with van der Waals surface area (Å²) in [6.07, 6.45) is 1.45. The van der Waals surface area contributed by atoms with E-state index in [4.69, 9.17) is 35.4 Å². The Balaban J connectivity index is 2.26. The molecule has 1 fully saturated rings. The van der Waals surface area contributed by atoms with Crippen LogP contribution < -0.4 is 0 Å². The van der Waals surface area contributed by atoms with E-state index in [9.17, 15) is 4.79 Å². The fourth-order valence-electron chi connectivity index (χ4n) is 1.21. The quantitative estimate of drug-likeness (QED) is 0.621. The van der Waals surface area contributed by atoms with Crippen LogP contribution in [0.15, 0.2) is 23.3 Å². The van der Waals surface area contributed by atoms with Crippen LogP contribution in [0.25, 0.3) is 0 Å². The Morgan fingerprint density at radius 3 is 2.59 bits per heavy atom. The Morgan fingerprint density at radius 1 is 1.41 bits per heavy atom. The van der Waals surface area contributed by atoms with Crippen molar-refractivity contribution >= 4 is 63.6 Å². The normalized spacial score (nSPS) is 16.2. The molecule has 0 aliphatic carbocycles. The lowest BCUT2D eigenvalue weighted by molar-refractivity contribution is -0.123. The maximum Gasteiger partial charge on any atom is 0.259 e. The van der Waals surface area contributed by atoms with Gasteiger partial charge in [0.2, 0.25) is 0 Å². The summed E-state index contributed by atoms with van der Waals surface area (Å²) in [5, 5.41) is 6.14.